The number of hydrogen-bond donors (Lipinski definition) is 3. The smallest absolute Gasteiger partial charge is 0.259 e. The van der Waals surface area contributed by atoms with Crippen molar-refractivity contribution in [2.24, 2.45) is 17.8 Å². The fourth-order valence-corrected chi connectivity index (χ4v) is 6.23. The zero-order chi connectivity index (χ0) is 23.3. The number of fused-ring (bicyclic) bond motifs is 2. The van der Waals surface area contributed by atoms with Crippen LogP contribution in [0.5, 0.6) is 0 Å². The van der Waals surface area contributed by atoms with Crippen LogP contribution in [-0.2, 0) is 24.4 Å². The lowest BCUT2D eigenvalue weighted by molar-refractivity contribution is -0.140. The minimum atomic E-state index is -3.84. The second-order valence-electron chi connectivity index (χ2n) is 10.2. The maximum atomic E-state index is 13.2. The van der Waals surface area contributed by atoms with E-state index < -0.39 is 50.1 Å². The molecule has 0 aromatic rings. The number of rotatable bonds is 3. The van der Waals surface area contributed by atoms with Crippen molar-refractivity contribution in [1.29, 1.82) is 0 Å². The van der Waals surface area contributed by atoms with Crippen LogP contribution in [0.1, 0.15) is 58.3 Å². The van der Waals surface area contributed by atoms with Gasteiger partial charge in [-0.3, -0.25) is 19.1 Å². The molecule has 0 aromatic carbocycles. The Morgan fingerprint density at radius 1 is 1.22 bits per heavy atom. The highest BCUT2D eigenvalue weighted by molar-refractivity contribution is 7.91. The second kappa shape index (κ2) is 8.13. The number of amides is 3. The first-order valence-corrected chi connectivity index (χ1v) is 13.0. The van der Waals surface area contributed by atoms with E-state index in [-0.39, 0.29) is 24.7 Å². The summed E-state index contributed by atoms with van der Waals surface area (Å²) in [7, 11) is -2.14. The van der Waals surface area contributed by atoms with Gasteiger partial charge in [0.05, 0.1) is 22.7 Å². The van der Waals surface area contributed by atoms with Crippen LogP contribution in [0.25, 0.3) is 0 Å². The van der Waals surface area contributed by atoms with E-state index in [1.807, 2.05) is 12.2 Å². The summed E-state index contributed by atoms with van der Waals surface area (Å²) in [5.74, 6) is -3.09. The molecule has 0 bridgehead atoms. The van der Waals surface area contributed by atoms with Gasteiger partial charge in [0.25, 0.3) is 5.91 Å². The predicted octanol–water partition coefficient (Wildman–Crippen LogP) is 0.445. The molecule has 1 aliphatic heterocycles. The summed E-state index contributed by atoms with van der Waals surface area (Å²) < 4.78 is 26.5. The van der Waals surface area contributed by atoms with Gasteiger partial charge < -0.3 is 15.3 Å². The van der Waals surface area contributed by atoms with Gasteiger partial charge in [0, 0.05) is 19.5 Å². The Hall–Kier alpha value is -1.94. The SMILES string of the molecule is CN1CCCCC=C[C@@H]2C[C@@]2(C(=O)NS(=O)(=O)C2(C)CC2)NC(=O)[C@@H]2C[C@@H](O)C[C@H]2C1=O. The first-order chi connectivity index (χ1) is 15.0. The van der Waals surface area contributed by atoms with Crippen LogP contribution in [0, 0.1) is 17.8 Å². The van der Waals surface area contributed by atoms with Gasteiger partial charge in [0.15, 0.2) is 0 Å². The number of nitrogens with one attached hydrogen (secondary N) is 2. The number of sulfonamides is 1. The molecule has 0 spiro atoms. The minimum absolute atomic E-state index is 0.144. The van der Waals surface area contributed by atoms with Gasteiger partial charge in [-0.2, -0.15) is 0 Å². The molecule has 3 saturated carbocycles. The monoisotopic (exact) mass is 467 g/mol. The molecule has 4 rings (SSSR count). The van der Waals surface area contributed by atoms with Crippen LogP contribution in [0.2, 0.25) is 0 Å². The van der Waals surface area contributed by atoms with Crippen molar-refractivity contribution < 1.29 is 27.9 Å². The van der Waals surface area contributed by atoms with Crippen LogP contribution < -0.4 is 10.0 Å². The average Bonchev–Trinajstić information content (AvgIpc) is 3.60. The van der Waals surface area contributed by atoms with E-state index in [1.54, 1.807) is 18.9 Å². The molecule has 9 nitrogen and oxygen atoms in total. The van der Waals surface area contributed by atoms with E-state index in [4.69, 9.17) is 0 Å². The quantitative estimate of drug-likeness (QED) is 0.516. The molecule has 4 aliphatic rings. The Morgan fingerprint density at radius 3 is 2.59 bits per heavy atom. The zero-order valence-corrected chi connectivity index (χ0v) is 19.5. The first kappa shape index (κ1) is 23.2. The summed E-state index contributed by atoms with van der Waals surface area (Å²) in [6.45, 7) is 2.18. The first-order valence-electron chi connectivity index (χ1n) is 11.5. The second-order valence-corrected chi connectivity index (χ2v) is 12.4. The minimum Gasteiger partial charge on any atom is -0.393 e. The number of hydrogen-bond acceptors (Lipinski definition) is 6. The number of carbonyl (C=O) groups is 3. The third kappa shape index (κ3) is 4.19. The van der Waals surface area contributed by atoms with Crippen LogP contribution in [0.4, 0.5) is 0 Å². The summed E-state index contributed by atoms with van der Waals surface area (Å²) in [6, 6.07) is 0. The Balaban J connectivity index is 1.59. The molecular formula is C22H33N3O6S. The number of allylic oxidation sites excluding steroid dienone is 1. The summed E-state index contributed by atoms with van der Waals surface area (Å²) >= 11 is 0. The molecule has 10 heteroatoms. The van der Waals surface area contributed by atoms with Crippen molar-refractivity contribution in [2.75, 3.05) is 13.6 Å². The van der Waals surface area contributed by atoms with Crippen LogP contribution in [0.3, 0.4) is 0 Å². The van der Waals surface area contributed by atoms with E-state index in [9.17, 15) is 27.9 Å². The van der Waals surface area contributed by atoms with Crippen molar-refractivity contribution in [3.63, 3.8) is 0 Å². The largest absolute Gasteiger partial charge is 0.393 e. The van der Waals surface area contributed by atoms with Gasteiger partial charge in [0.2, 0.25) is 21.8 Å². The third-order valence-corrected chi connectivity index (χ3v) is 9.81. The number of aliphatic hydroxyl groups excluding tert-OH is 1. The van der Waals surface area contributed by atoms with Gasteiger partial charge in [-0.1, -0.05) is 12.2 Å². The molecule has 178 valence electrons. The van der Waals surface area contributed by atoms with Crippen molar-refractivity contribution >= 4 is 27.7 Å². The fourth-order valence-electron chi connectivity index (χ4n) is 4.91. The van der Waals surface area contributed by atoms with E-state index in [2.05, 4.69) is 10.0 Å². The highest BCUT2D eigenvalue weighted by Gasteiger charge is 2.63. The normalized spacial score (nSPS) is 37.0. The van der Waals surface area contributed by atoms with Crippen molar-refractivity contribution in [1.82, 2.24) is 14.9 Å². The van der Waals surface area contributed by atoms with E-state index in [1.165, 1.54) is 0 Å². The maximum absolute atomic E-state index is 13.2. The lowest BCUT2D eigenvalue weighted by atomic mass is 9.93. The van der Waals surface area contributed by atoms with E-state index >= 15 is 0 Å². The van der Waals surface area contributed by atoms with Crippen molar-refractivity contribution in [3.8, 4) is 0 Å². The predicted molar refractivity (Wildman–Crippen MR) is 117 cm³/mol. The highest BCUT2D eigenvalue weighted by atomic mass is 32.2. The number of carbonyl (C=O) groups excluding carboxylic acids is 3. The summed E-state index contributed by atoms with van der Waals surface area (Å²) in [6.07, 6.45) is 7.17. The van der Waals surface area contributed by atoms with Crippen molar-refractivity contribution in [2.45, 2.75) is 74.7 Å². The zero-order valence-electron chi connectivity index (χ0n) is 18.7. The molecular weight excluding hydrogens is 434 g/mol. The van der Waals surface area contributed by atoms with Gasteiger partial charge in [-0.05, 0) is 58.3 Å². The topological polar surface area (TPSA) is 133 Å². The molecule has 0 aromatic heterocycles. The molecule has 0 saturated heterocycles. The lowest BCUT2D eigenvalue weighted by Crippen LogP contribution is -2.55. The molecule has 3 amide bonds. The molecule has 5 atom stereocenters. The number of nitrogens with zero attached hydrogens (tertiary/aromatic N) is 1. The fraction of sp³-hybridized carbons (Fsp3) is 0.773. The van der Waals surface area contributed by atoms with Gasteiger partial charge in [-0.25, -0.2) is 8.42 Å². The molecule has 0 radical (unpaired) electrons. The Bertz CT molecular complexity index is 943. The van der Waals surface area contributed by atoms with E-state index in [0.717, 1.165) is 19.3 Å². The lowest BCUT2D eigenvalue weighted by Gasteiger charge is -2.27. The molecule has 0 unspecified atom stereocenters. The molecule has 3 N–H and O–H groups in total. The average molecular weight is 468 g/mol. The highest BCUT2D eigenvalue weighted by Crippen LogP contribution is 2.48. The van der Waals surface area contributed by atoms with Crippen LogP contribution in [0.15, 0.2) is 12.2 Å². The molecule has 3 fully saturated rings. The summed E-state index contributed by atoms with van der Waals surface area (Å²) in [4.78, 5) is 41.0. The van der Waals surface area contributed by atoms with Gasteiger partial charge in [-0.15, -0.1) is 0 Å². The van der Waals surface area contributed by atoms with E-state index in [0.29, 0.717) is 25.8 Å². The van der Waals surface area contributed by atoms with Crippen molar-refractivity contribution in [3.05, 3.63) is 12.2 Å². The van der Waals surface area contributed by atoms with Crippen LogP contribution in [-0.4, -0.2) is 66.1 Å². The molecule has 1 heterocycles. The Morgan fingerprint density at radius 2 is 1.91 bits per heavy atom. The van der Waals surface area contributed by atoms with Crippen LogP contribution >= 0.6 is 0 Å². The van der Waals surface area contributed by atoms with Gasteiger partial charge in [0.1, 0.15) is 5.54 Å². The third-order valence-electron chi connectivity index (χ3n) is 7.65. The summed E-state index contributed by atoms with van der Waals surface area (Å²) in [5, 5.41) is 13.0. The number of aliphatic hydroxyl groups is 1. The Kier molecular flexibility index (Phi) is 5.90. The molecule has 3 aliphatic carbocycles. The maximum Gasteiger partial charge on any atom is 0.259 e. The summed E-state index contributed by atoms with van der Waals surface area (Å²) in [5.41, 5.74) is -1.34. The van der Waals surface area contributed by atoms with Gasteiger partial charge >= 0.3 is 0 Å². The Labute approximate surface area is 189 Å². The molecule has 32 heavy (non-hydrogen) atoms. The standard InChI is InChI=1S/C22H33N3O6S/c1-21(8-9-21)32(30,31)24-20(29)22-13-14(22)7-5-3-4-6-10-25(2)19(28)17-12-15(26)11-16(17)18(27)23-22/h5,7,14-17,26H,3-4,6,8-13H2,1-2H3,(H,23,27)(H,24,29)/t14-,15-,16-,17-,22-/m1/s1.